The Hall–Kier alpha value is -0.810. The number of rotatable bonds is 3. The second-order valence-corrected chi connectivity index (χ2v) is 3.03. The Bertz CT molecular complexity index is 233. The van der Waals surface area contributed by atoms with Crippen molar-refractivity contribution in [2.75, 3.05) is 7.11 Å². The van der Waals surface area contributed by atoms with E-state index in [0.29, 0.717) is 6.42 Å². The van der Waals surface area contributed by atoms with Crippen LogP contribution in [0.3, 0.4) is 0 Å². The van der Waals surface area contributed by atoms with Gasteiger partial charge in [0.15, 0.2) is 0 Å². The standard InChI is InChI=1S/C7H11NO4.ClH/c1-12-6(11)7(8)3-4(7)2-5(9)10;/h4H,2-3,8H2,1H3,(H,9,10);1H/t4-,7+;/m1./s1. The maximum atomic E-state index is 10.9. The van der Waals surface area contributed by atoms with E-state index in [9.17, 15) is 9.59 Å². The summed E-state index contributed by atoms with van der Waals surface area (Å²) in [5, 5.41) is 8.40. The average molecular weight is 210 g/mol. The third-order valence-corrected chi connectivity index (χ3v) is 2.14. The molecule has 6 heteroatoms. The fourth-order valence-electron chi connectivity index (χ4n) is 1.25. The van der Waals surface area contributed by atoms with Crippen LogP contribution in [0.15, 0.2) is 0 Å². The second-order valence-electron chi connectivity index (χ2n) is 3.03. The zero-order valence-corrected chi connectivity index (χ0v) is 7.97. The second kappa shape index (κ2) is 3.93. The summed E-state index contributed by atoms with van der Waals surface area (Å²) in [7, 11) is 1.24. The molecule has 0 aliphatic heterocycles. The van der Waals surface area contributed by atoms with E-state index in [4.69, 9.17) is 10.8 Å². The minimum Gasteiger partial charge on any atom is -0.481 e. The van der Waals surface area contributed by atoms with Gasteiger partial charge in [-0.2, -0.15) is 0 Å². The summed E-state index contributed by atoms with van der Waals surface area (Å²) in [6.07, 6.45) is 0.345. The lowest BCUT2D eigenvalue weighted by molar-refractivity contribution is -0.144. The number of carboxylic acid groups (broad SMARTS) is 1. The quantitative estimate of drug-likeness (QED) is 0.627. The molecule has 1 aliphatic carbocycles. The fraction of sp³-hybridized carbons (Fsp3) is 0.714. The summed E-state index contributed by atoms with van der Waals surface area (Å²) in [5.74, 6) is -1.72. The van der Waals surface area contributed by atoms with Crippen LogP contribution in [0.5, 0.6) is 0 Å². The lowest BCUT2D eigenvalue weighted by Gasteiger charge is -2.06. The van der Waals surface area contributed by atoms with E-state index in [0.717, 1.165) is 0 Å². The number of halogens is 1. The van der Waals surface area contributed by atoms with Crippen molar-refractivity contribution in [3.63, 3.8) is 0 Å². The number of methoxy groups -OCH3 is 1. The molecular weight excluding hydrogens is 198 g/mol. The molecule has 0 aromatic carbocycles. The van der Waals surface area contributed by atoms with Crippen molar-refractivity contribution in [1.82, 2.24) is 0 Å². The van der Waals surface area contributed by atoms with Crippen LogP contribution in [-0.2, 0) is 14.3 Å². The van der Waals surface area contributed by atoms with Gasteiger partial charge in [-0.05, 0) is 6.42 Å². The highest BCUT2D eigenvalue weighted by Crippen LogP contribution is 2.44. The number of carboxylic acids is 1. The Labute approximate surface area is 81.6 Å². The largest absolute Gasteiger partial charge is 0.481 e. The zero-order chi connectivity index (χ0) is 9.35. The van der Waals surface area contributed by atoms with E-state index in [2.05, 4.69) is 4.74 Å². The first kappa shape index (κ1) is 12.2. The van der Waals surface area contributed by atoms with Gasteiger partial charge in [0.25, 0.3) is 0 Å². The molecule has 0 unspecified atom stereocenters. The zero-order valence-electron chi connectivity index (χ0n) is 7.15. The van der Waals surface area contributed by atoms with Gasteiger partial charge in [-0.25, -0.2) is 0 Å². The number of aliphatic carboxylic acids is 1. The normalized spacial score (nSPS) is 30.2. The van der Waals surface area contributed by atoms with Crippen LogP contribution < -0.4 is 5.73 Å². The lowest BCUT2D eigenvalue weighted by Crippen LogP contribution is -2.36. The molecule has 0 saturated heterocycles. The maximum Gasteiger partial charge on any atom is 0.326 e. The molecule has 5 nitrogen and oxygen atoms in total. The van der Waals surface area contributed by atoms with Crippen LogP contribution in [0.4, 0.5) is 0 Å². The van der Waals surface area contributed by atoms with Crippen molar-refractivity contribution in [3.05, 3.63) is 0 Å². The number of esters is 1. The van der Waals surface area contributed by atoms with Crippen molar-refractivity contribution in [3.8, 4) is 0 Å². The van der Waals surface area contributed by atoms with Crippen molar-refractivity contribution in [1.29, 1.82) is 0 Å². The Morgan fingerprint density at radius 1 is 1.69 bits per heavy atom. The molecule has 1 rings (SSSR count). The predicted octanol–water partition coefficient (Wildman–Crippen LogP) is -0.227. The average Bonchev–Trinajstić information content (AvgIpc) is 2.60. The van der Waals surface area contributed by atoms with E-state index in [1.807, 2.05) is 0 Å². The van der Waals surface area contributed by atoms with Gasteiger partial charge in [-0.15, -0.1) is 12.4 Å². The molecule has 0 heterocycles. The van der Waals surface area contributed by atoms with Gasteiger partial charge in [0, 0.05) is 5.92 Å². The molecule has 1 fully saturated rings. The van der Waals surface area contributed by atoms with Gasteiger partial charge in [-0.3, -0.25) is 9.59 Å². The van der Waals surface area contributed by atoms with E-state index in [1.54, 1.807) is 0 Å². The monoisotopic (exact) mass is 209 g/mol. The van der Waals surface area contributed by atoms with Crippen LogP contribution in [0.1, 0.15) is 12.8 Å². The molecule has 3 N–H and O–H groups in total. The lowest BCUT2D eigenvalue weighted by atomic mass is 10.2. The molecule has 13 heavy (non-hydrogen) atoms. The number of nitrogens with two attached hydrogens (primary N) is 1. The van der Waals surface area contributed by atoms with E-state index in [-0.39, 0.29) is 24.7 Å². The number of ether oxygens (including phenoxy) is 1. The highest BCUT2D eigenvalue weighted by molar-refractivity contribution is 5.86. The van der Waals surface area contributed by atoms with Crippen LogP contribution in [-0.4, -0.2) is 29.7 Å². The molecule has 0 spiro atoms. The van der Waals surface area contributed by atoms with Gasteiger partial charge in [0.05, 0.1) is 13.5 Å². The Morgan fingerprint density at radius 3 is 2.62 bits per heavy atom. The van der Waals surface area contributed by atoms with Gasteiger partial charge < -0.3 is 15.6 Å². The Kier molecular flexibility index (Phi) is 3.69. The number of carbonyl (C=O) groups is 2. The number of hydrogen-bond acceptors (Lipinski definition) is 4. The van der Waals surface area contributed by atoms with Crippen LogP contribution in [0, 0.1) is 5.92 Å². The van der Waals surface area contributed by atoms with Crippen molar-refractivity contribution >= 4 is 24.3 Å². The van der Waals surface area contributed by atoms with Crippen LogP contribution in [0.2, 0.25) is 0 Å². The van der Waals surface area contributed by atoms with E-state index < -0.39 is 17.5 Å². The molecular formula is C7H12ClNO4. The molecule has 0 bridgehead atoms. The molecule has 1 saturated carbocycles. The Balaban J connectivity index is 0.00000144. The summed E-state index contributed by atoms with van der Waals surface area (Å²) >= 11 is 0. The third kappa shape index (κ3) is 2.32. The van der Waals surface area contributed by atoms with E-state index >= 15 is 0 Å². The maximum absolute atomic E-state index is 10.9. The minimum absolute atomic E-state index is 0. The topological polar surface area (TPSA) is 89.6 Å². The van der Waals surface area contributed by atoms with Crippen molar-refractivity contribution < 1.29 is 19.4 Å². The Morgan fingerprint density at radius 2 is 2.23 bits per heavy atom. The van der Waals surface area contributed by atoms with E-state index in [1.165, 1.54) is 7.11 Å². The summed E-state index contributed by atoms with van der Waals surface area (Å²) < 4.78 is 4.43. The highest BCUT2D eigenvalue weighted by Gasteiger charge is 2.58. The first-order chi connectivity index (χ1) is 5.50. The van der Waals surface area contributed by atoms with Crippen LogP contribution in [0.25, 0.3) is 0 Å². The molecule has 2 atom stereocenters. The highest BCUT2D eigenvalue weighted by atomic mass is 35.5. The van der Waals surface area contributed by atoms with Gasteiger partial charge in [-0.1, -0.05) is 0 Å². The summed E-state index contributed by atoms with van der Waals surface area (Å²) in [6.45, 7) is 0. The predicted molar refractivity (Wildman–Crippen MR) is 46.5 cm³/mol. The van der Waals surface area contributed by atoms with Crippen LogP contribution >= 0.6 is 12.4 Å². The molecule has 1 aliphatic rings. The van der Waals surface area contributed by atoms with Gasteiger partial charge in [0.1, 0.15) is 5.54 Å². The smallest absolute Gasteiger partial charge is 0.326 e. The summed E-state index contributed by atoms with van der Waals surface area (Å²) in [6, 6.07) is 0. The third-order valence-electron chi connectivity index (χ3n) is 2.14. The SMILES string of the molecule is COC(=O)[C@]1(N)C[C@H]1CC(=O)O.Cl. The summed E-state index contributed by atoms with van der Waals surface area (Å²) in [4.78, 5) is 21.2. The number of carbonyl (C=O) groups excluding carboxylic acids is 1. The first-order valence-corrected chi connectivity index (χ1v) is 3.60. The molecule has 76 valence electrons. The van der Waals surface area contributed by atoms with Crippen molar-refractivity contribution in [2.24, 2.45) is 11.7 Å². The molecule has 0 aromatic heterocycles. The number of hydrogen-bond donors (Lipinski definition) is 2. The van der Waals surface area contributed by atoms with Gasteiger partial charge in [0.2, 0.25) is 0 Å². The molecule has 0 radical (unpaired) electrons. The first-order valence-electron chi connectivity index (χ1n) is 3.60. The molecule has 0 amide bonds. The fourth-order valence-corrected chi connectivity index (χ4v) is 1.25. The van der Waals surface area contributed by atoms with Crippen molar-refractivity contribution in [2.45, 2.75) is 18.4 Å². The minimum atomic E-state index is -1.03. The summed E-state index contributed by atoms with van der Waals surface area (Å²) in [5.41, 5.74) is 4.52. The van der Waals surface area contributed by atoms with Gasteiger partial charge >= 0.3 is 11.9 Å². The molecule has 0 aromatic rings.